The Hall–Kier alpha value is -0.870. The molecule has 0 saturated carbocycles. The number of primary amides is 1. The number of halogens is 1. The highest BCUT2D eigenvalue weighted by atomic mass is 79.9. The van der Waals surface area contributed by atoms with E-state index in [2.05, 4.69) is 21.2 Å². The lowest BCUT2D eigenvalue weighted by Gasteiger charge is -2.15. The maximum Gasteiger partial charge on any atom is 0.239 e. The molecule has 0 aliphatic carbocycles. The van der Waals surface area contributed by atoms with Crippen molar-refractivity contribution in [2.24, 2.45) is 5.73 Å². The van der Waals surface area contributed by atoms with Crippen molar-refractivity contribution in [3.8, 4) is 0 Å². The topological polar surface area (TPSA) is 55.1 Å². The number of benzene rings is 1. The molecule has 0 spiro atoms. The molecule has 0 aliphatic rings. The molecule has 1 rings (SSSR count). The van der Waals surface area contributed by atoms with Crippen LogP contribution in [0.2, 0.25) is 0 Å². The molecular formula is C11H15BrN2O. The van der Waals surface area contributed by atoms with Crippen LogP contribution in [0.4, 0.5) is 0 Å². The summed E-state index contributed by atoms with van der Waals surface area (Å²) in [6.45, 7) is 2.83. The minimum atomic E-state index is -0.401. The van der Waals surface area contributed by atoms with Gasteiger partial charge in [0.2, 0.25) is 5.91 Å². The van der Waals surface area contributed by atoms with Crippen LogP contribution in [0.3, 0.4) is 0 Å². The average Bonchev–Trinajstić information content (AvgIpc) is 2.18. The SMILES string of the molecule is CCCNC(C(N)=O)c1cccc(Br)c1. The number of carbonyl (C=O) groups is 1. The lowest BCUT2D eigenvalue weighted by Crippen LogP contribution is -2.34. The van der Waals surface area contributed by atoms with Gasteiger partial charge >= 0.3 is 0 Å². The Morgan fingerprint density at radius 3 is 2.87 bits per heavy atom. The summed E-state index contributed by atoms with van der Waals surface area (Å²) in [5, 5.41) is 3.12. The lowest BCUT2D eigenvalue weighted by atomic mass is 10.1. The molecule has 1 aromatic carbocycles. The zero-order valence-corrected chi connectivity index (χ0v) is 10.3. The molecule has 1 unspecified atom stereocenters. The Morgan fingerprint density at radius 2 is 2.33 bits per heavy atom. The van der Waals surface area contributed by atoms with E-state index in [4.69, 9.17) is 5.73 Å². The molecule has 0 bridgehead atoms. The predicted molar refractivity (Wildman–Crippen MR) is 64.4 cm³/mol. The number of nitrogens with one attached hydrogen (secondary N) is 1. The van der Waals surface area contributed by atoms with Crippen LogP contribution in [-0.2, 0) is 4.79 Å². The average molecular weight is 271 g/mol. The van der Waals surface area contributed by atoms with Gasteiger partial charge in [-0.05, 0) is 30.7 Å². The number of nitrogens with two attached hydrogens (primary N) is 1. The van der Waals surface area contributed by atoms with Gasteiger partial charge < -0.3 is 11.1 Å². The summed E-state index contributed by atoms with van der Waals surface area (Å²) < 4.78 is 0.949. The van der Waals surface area contributed by atoms with Crippen molar-refractivity contribution in [1.29, 1.82) is 0 Å². The zero-order valence-electron chi connectivity index (χ0n) is 8.66. The van der Waals surface area contributed by atoms with Crippen molar-refractivity contribution in [3.63, 3.8) is 0 Å². The second-order valence-corrected chi connectivity index (χ2v) is 4.26. The second kappa shape index (κ2) is 5.88. The van der Waals surface area contributed by atoms with Gasteiger partial charge in [-0.3, -0.25) is 4.79 Å². The highest BCUT2D eigenvalue weighted by Crippen LogP contribution is 2.17. The van der Waals surface area contributed by atoms with Gasteiger partial charge in [0.05, 0.1) is 0 Å². The van der Waals surface area contributed by atoms with Gasteiger partial charge in [0.15, 0.2) is 0 Å². The second-order valence-electron chi connectivity index (χ2n) is 3.34. The molecule has 0 heterocycles. The molecular weight excluding hydrogens is 256 g/mol. The highest BCUT2D eigenvalue weighted by Gasteiger charge is 2.16. The molecule has 82 valence electrons. The van der Waals surface area contributed by atoms with Gasteiger partial charge in [0.1, 0.15) is 6.04 Å². The number of hydrogen-bond donors (Lipinski definition) is 2. The van der Waals surface area contributed by atoms with E-state index in [9.17, 15) is 4.79 Å². The van der Waals surface area contributed by atoms with E-state index in [1.54, 1.807) is 0 Å². The first-order chi connectivity index (χ1) is 7.15. The first-order valence-electron chi connectivity index (χ1n) is 4.93. The summed E-state index contributed by atoms with van der Waals surface area (Å²) in [5.41, 5.74) is 6.24. The maximum absolute atomic E-state index is 11.3. The van der Waals surface area contributed by atoms with Crippen molar-refractivity contribution in [2.45, 2.75) is 19.4 Å². The maximum atomic E-state index is 11.3. The fraction of sp³-hybridized carbons (Fsp3) is 0.364. The molecule has 1 aromatic rings. The summed E-state index contributed by atoms with van der Waals surface area (Å²) in [4.78, 5) is 11.3. The van der Waals surface area contributed by atoms with Crippen LogP contribution in [0.5, 0.6) is 0 Å². The minimum absolute atomic E-state index is 0.346. The first kappa shape index (κ1) is 12.2. The van der Waals surface area contributed by atoms with Crippen LogP contribution in [0.15, 0.2) is 28.7 Å². The van der Waals surface area contributed by atoms with E-state index in [1.807, 2.05) is 31.2 Å². The van der Waals surface area contributed by atoms with Crippen molar-refractivity contribution in [3.05, 3.63) is 34.3 Å². The standard InChI is InChI=1S/C11H15BrN2O/c1-2-6-14-10(11(13)15)8-4-3-5-9(12)7-8/h3-5,7,10,14H,2,6H2,1H3,(H2,13,15). The number of hydrogen-bond acceptors (Lipinski definition) is 2. The Kier molecular flexibility index (Phi) is 4.78. The van der Waals surface area contributed by atoms with Crippen molar-refractivity contribution >= 4 is 21.8 Å². The van der Waals surface area contributed by atoms with Crippen LogP contribution >= 0.6 is 15.9 Å². The molecule has 3 nitrogen and oxygen atoms in total. The molecule has 3 N–H and O–H groups in total. The van der Waals surface area contributed by atoms with Crippen LogP contribution in [-0.4, -0.2) is 12.5 Å². The van der Waals surface area contributed by atoms with Crippen molar-refractivity contribution in [1.82, 2.24) is 5.32 Å². The molecule has 4 heteroatoms. The van der Waals surface area contributed by atoms with Crippen LogP contribution in [0, 0.1) is 0 Å². The van der Waals surface area contributed by atoms with Crippen molar-refractivity contribution < 1.29 is 4.79 Å². The van der Waals surface area contributed by atoms with E-state index < -0.39 is 6.04 Å². The summed E-state index contributed by atoms with van der Waals surface area (Å²) in [5.74, 6) is -0.346. The van der Waals surface area contributed by atoms with Gasteiger partial charge in [-0.25, -0.2) is 0 Å². The summed E-state index contributed by atoms with van der Waals surface area (Å²) in [7, 11) is 0. The predicted octanol–water partition coefficient (Wildman–Crippen LogP) is 1.98. The van der Waals surface area contributed by atoms with E-state index in [-0.39, 0.29) is 5.91 Å². The fourth-order valence-electron chi connectivity index (χ4n) is 1.36. The lowest BCUT2D eigenvalue weighted by molar-refractivity contribution is -0.120. The zero-order chi connectivity index (χ0) is 11.3. The molecule has 0 aromatic heterocycles. The van der Waals surface area contributed by atoms with Gasteiger partial charge in [-0.1, -0.05) is 35.0 Å². The largest absolute Gasteiger partial charge is 0.368 e. The highest BCUT2D eigenvalue weighted by molar-refractivity contribution is 9.10. The molecule has 1 amide bonds. The summed E-state index contributed by atoms with van der Waals surface area (Å²) in [6, 6.07) is 7.20. The molecule has 0 saturated heterocycles. The van der Waals surface area contributed by atoms with Gasteiger partial charge in [-0.2, -0.15) is 0 Å². The molecule has 0 radical (unpaired) electrons. The molecule has 0 fully saturated rings. The Labute approximate surface area is 98.2 Å². The third-order valence-electron chi connectivity index (χ3n) is 2.06. The van der Waals surface area contributed by atoms with Gasteiger partial charge in [-0.15, -0.1) is 0 Å². The fourth-order valence-corrected chi connectivity index (χ4v) is 1.77. The third kappa shape index (κ3) is 3.64. The molecule has 0 aliphatic heterocycles. The number of amides is 1. The summed E-state index contributed by atoms with van der Waals surface area (Å²) >= 11 is 3.37. The molecule has 1 atom stereocenters. The van der Waals surface area contributed by atoms with Crippen LogP contribution in [0.1, 0.15) is 24.9 Å². The minimum Gasteiger partial charge on any atom is -0.368 e. The van der Waals surface area contributed by atoms with E-state index in [0.717, 1.165) is 23.0 Å². The first-order valence-corrected chi connectivity index (χ1v) is 5.72. The smallest absolute Gasteiger partial charge is 0.239 e. The van der Waals surface area contributed by atoms with E-state index >= 15 is 0 Å². The van der Waals surface area contributed by atoms with Gasteiger partial charge in [0, 0.05) is 4.47 Å². The normalized spacial score (nSPS) is 12.4. The molecule has 15 heavy (non-hydrogen) atoms. The van der Waals surface area contributed by atoms with Crippen LogP contribution in [0.25, 0.3) is 0 Å². The van der Waals surface area contributed by atoms with E-state index in [1.165, 1.54) is 0 Å². The number of carbonyl (C=O) groups excluding carboxylic acids is 1. The third-order valence-corrected chi connectivity index (χ3v) is 2.56. The van der Waals surface area contributed by atoms with Gasteiger partial charge in [0.25, 0.3) is 0 Å². The number of rotatable bonds is 5. The van der Waals surface area contributed by atoms with Crippen LogP contribution < -0.4 is 11.1 Å². The quantitative estimate of drug-likeness (QED) is 0.860. The van der Waals surface area contributed by atoms with Crippen molar-refractivity contribution in [2.75, 3.05) is 6.54 Å². The van der Waals surface area contributed by atoms with E-state index in [0.29, 0.717) is 0 Å². The Bertz CT molecular complexity index is 341. The monoisotopic (exact) mass is 270 g/mol. The Morgan fingerprint density at radius 1 is 1.60 bits per heavy atom. The summed E-state index contributed by atoms with van der Waals surface area (Å²) in [6.07, 6.45) is 0.970. The Balaban J connectivity index is 2.84.